The molecule has 0 spiro atoms. The molecule has 0 atom stereocenters. The Bertz CT molecular complexity index is 189. The second-order valence-electron chi connectivity index (χ2n) is 2.05. The van der Waals surface area contributed by atoms with Crippen LogP contribution in [0.1, 0.15) is 13.8 Å². The number of nitrogens with two attached hydrogens (primary N) is 1. The molecule has 0 aromatic carbocycles. The molecule has 0 aliphatic carbocycles. The molecule has 0 unspecified atom stereocenters. The third-order valence-electron chi connectivity index (χ3n) is 1.06. The van der Waals surface area contributed by atoms with Crippen LogP contribution in [-0.2, 0) is 0 Å². The van der Waals surface area contributed by atoms with Gasteiger partial charge in [-0.1, -0.05) is 12.7 Å². The first-order valence-electron chi connectivity index (χ1n) is 3.02. The van der Waals surface area contributed by atoms with Gasteiger partial charge in [-0.25, -0.2) is 4.39 Å². The fourth-order valence-corrected chi connectivity index (χ4v) is 0.355. The first-order valence-corrected chi connectivity index (χ1v) is 3.02. The molecule has 56 valence electrons. The van der Waals surface area contributed by atoms with E-state index in [1.165, 1.54) is 12.2 Å². The zero-order chi connectivity index (χ0) is 8.15. The maximum atomic E-state index is 12.4. The maximum absolute atomic E-state index is 12.4. The molecule has 0 radical (unpaired) electrons. The second-order valence-corrected chi connectivity index (χ2v) is 2.05. The van der Waals surface area contributed by atoms with Crippen molar-refractivity contribution in [3.63, 3.8) is 0 Å². The Labute approximate surface area is 60.7 Å². The molecular formula is C8H12FN. The van der Waals surface area contributed by atoms with Gasteiger partial charge < -0.3 is 5.73 Å². The molecule has 1 nitrogen and oxygen atoms in total. The van der Waals surface area contributed by atoms with Gasteiger partial charge in [-0.15, -0.1) is 0 Å². The standard InChI is InChI=1S/C8H12FN/c1-4-7(9)5-8(10)6(2)3/h4-5H,2,10H2,1,3H3/b7-4+,8-5+. The average molecular weight is 141 g/mol. The zero-order valence-electron chi connectivity index (χ0n) is 6.32. The molecule has 0 heterocycles. The van der Waals surface area contributed by atoms with E-state index in [-0.39, 0.29) is 5.83 Å². The molecule has 0 bridgehead atoms. The van der Waals surface area contributed by atoms with Gasteiger partial charge in [0.25, 0.3) is 0 Å². The van der Waals surface area contributed by atoms with Crippen molar-refractivity contribution >= 4 is 0 Å². The summed E-state index contributed by atoms with van der Waals surface area (Å²) in [7, 11) is 0. The number of halogens is 1. The third-order valence-corrected chi connectivity index (χ3v) is 1.06. The summed E-state index contributed by atoms with van der Waals surface area (Å²) in [6, 6.07) is 0. The van der Waals surface area contributed by atoms with Crippen molar-refractivity contribution in [3.05, 3.63) is 35.8 Å². The highest BCUT2D eigenvalue weighted by atomic mass is 19.1. The lowest BCUT2D eigenvalue weighted by molar-refractivity contribution is 0.663. The number of hydrogen-bond donors (Lipinski definition) is 1. The minimum Gasteiger partial charge on any atom is -0.398 e. The number of hydrogen-bond acceptors (Lipinski definition) is 1. The van der Waals surface area contributed by atoms with Crippen molar-refractivity contribution in [1.82, 2.24) is 0 Å². The number of rotatable bonds is 2. The largest absolute Gasteiger partial charge is 0.398 e. The van der Waals surface area contributed by atoms with Crippen LogP contribution in [0.15, 0.2) is 35.8 Å². The average Bonchev–Trinajstić information content (AvgIpc) is 1.87. The Balaban J connectivity index is 4.31. The Hall–Kier alpha value is -1.05. The summed E-state index contributed by atoms with van der Waals surface area (Å²) in [6.07, 6.45) is 2.60. The smallest absolute Gasteiger partial charge is 0.121 e. The summed E-state index contributed by atoms with van der Waals surface area (Å²) in [4.78, 5) is 0. The molecule has 0 aliphatic heterocycles. The van der Waals surface area contributed by atoms with Crippen molar-refractivity contribution < 1.29 is 4.39 Å². The summed E-state index contributed by atoms with van der Waals surface area (Å²) in [5.74, 6) is -0.333. The van der Waals surface area contributed by atoms with Gasteiger partial charge in [-0.2, -0.15) is 0 Å². The minimum atomic E-state index is -0.333. The fourth-order valence-electron chi connectivity index (χ4n) is 0.355. The topological polar surface area (TPSA) is 26.0 Å². The van der Waals surface area contributed by atoms with E-state index >= 15 is 0 Å². The molecular weight excluding hydrogens is 129 g/mol. The van der Waals surface area contributed by atoms with Crippen LogP contribution in [0.2, 0.25) is 0 Å². The molecule has 0 rings (SSSR count). The van der Waals surface area contributed by atoms with E-state index in [1.54, 1.807) is 13.8 Å². The van der Waals surface area contributed by atoms with Gasteiger partial charge in [-0.3, -0.25) is 0 Å². The zero-order valence-corrected chi connectivity index (χ0v) is 6.32. The Morgan fingerprint density at radius 1 is 1.60 bits per heavy atom. The van der Waals surface area contributed by atoms with E-state index in [0.29, 0.717) is 11.3 Å². The van der Waals surface area contributed by atoms with Crippen LogP contribution < -0.4 is 5.73 Å². The molecule has 0 amide bonds. The van der Waals surface area contributed by atoms with Crippen LogP contribution in [0.25, 0.3) is 0 Å². The van der Waals surface area contributed by atoms with Crippen molar-refractivity contribution in [2.24, 2.45) is 5.73 Å². The lowest BCUT2D eigenvalue weighted by atomic mass is 10.2. The Morgan fingerprint density at radius 3 is 2.40 bits per heavy atom. The quantitative estimate of drug-likeness (QED) is 0.586. The predicted molar refractivity (Wildman–Crippen MR) is 41.9 cm³/mol. The lowest BCUT2D eigenvalue weighted by Gasteiger charge is -1.95. The highest BCUT2D eigenvalue weighted by Crippen LogP contribution is 2.05. The molecule has 0 aromatic heterocycles. The van der Waals surface area contributed by atoms with Crippen molar-refractivity contribution in [1.29, 1.82) is 0 Å². The predicted octanol–water partition coefficient (Wildman–Crippen LogP) is 2.28. The van der Waals surface area contributed by atoms with E-state index in [9.17, 15) is 4.39 Å². The van der Waals surface area contributed by atoms with Crippen molar-refractivity contribution in [3.8, 4) is 0 Å². The van der Waals surface area contributed by atoms with Crippen LogP contribution in [-0.4, -0.2) is 0 Å². The molecule has 2 heteroatoms. The van der Waals surface area contributed by atoms with Crippen LogP contribution >= 0.6 is 0 Å². The first-order chi connectivity index (χ1) is 4.57. The normalized spacial score (nSPS) is 13.5. The van der Waals surface area contributed by atoms with E-state index in [4.69, 9.17) is 5.73 Å². The molecule has 0 aliphatic rings. The summed E-state index contributed by atoms with van der Waals surface area (Å²) in [5.41, 5.74) is 6.44. The molecule has 0 aromatic rings. The molecule has 0 fully saturated rings. The first kappa shape index (κ1) is 8.95. The van der Waals surface area contributed by atoms with E-state index in [1.807, 2.05) is 0 Å². The van der Waals surface area contributed by atoms with Crippen LogP contribution in [0.4, 0.5) is 4.39 Å². The third kappa shape index (κ3) is 3.07. The Kier molecular flexibility index (Phi) is 3.47. The SMILES string of the molecule is C=C(C)/C(N)=C\C(F)=C/C. The van der Waals surface area contributed by atoms with Gasteiger partial charge in [0.05, 0.1) is 0 Å². The van der Waals surface area contributed by atoms with Gasteiger partial charge in [-0.05, 0) is 25.5 Å². The van der Waals surface area contributed by atoms with Gasteiger partial charge in [0, 0.05) is 5.70 Å². The van der Waals surface area contributed by atoms with E-state index in [0.717, 1.165) is 0 Å². The van der Waals surface area contributed by atoms with E-state index < -0.39 is 0 Å². The summed E-state index contributed by atoms with van der Waals surface area (Å²) >= 11 is 0. The van der Waals surface area contributed by atoms with Gasteiger partial charge >= 0.3 is 0 Å². The lowest BCUT2D eigenvalue weighted by Crippen LogP contribution is -1.96. The minimum absolute atomic E-state index is 0.333. The maximum Gasteiger partial charge on any atom is 0.121 e. The summed E-state index contributed by atoms with van der Waals surface area (Å²) in [6.45, 7) is 6.89. The summed E-state index contributed by atoms with van der Waals surface area (Å²) in [5, 5.41) is 0. The molecule has 0 saturated carbocycles. The highest BCUT2D eigenvalue weighted by Gasteiger charge is 1.91. The molecule has 0 saturated heterocycles. The second kappa shape index (κ2) is 3.88. The van der Waals surface area contributed by atoms with Crippen LogP contribution in [0.5, 0.6) is 0 Å². The van der Waals surface area contributed by atoms with Crippen molar-refractivity contribution in [2.45, 2.75) is 13.8 Å². The molecule has 2 N–H and O–H groups in total. The van der Waals surface area contributed by atoms with E-state index in [2.05, 4.69) is 6.58 Å². The fraction of sp³-hybridized carbons (Fsp3) is 0.250. The van der Waals surface area contributed by atoms with Gasteiger partial charge in [0.2, 0.25) is 0 Å². The van der Waals surface area contributed by atoms with Gasteiger partial charge in [0.1, 0.15) is 5.83 Å². The number of allylic oxidation sites excluding steroid dienone is 4. The summed E-state index contributed by atoms with van der Waals surface area (Å²) < 4.78 is 12.4. The molecule has 10 heavy (non-hydrogen) atoms. The van der Waals surface area contributed by atoms with Gasteiger partial charge in [0.15, 0.2) is 0 Å². The monoisotopic (exact) mass is 141 g/mol. The van der Waals surface area contributed by atoms with Crippen LogP contribution in [0, 0.1) is 0 Å². The van der Waals surface area contributed by atoms with Crippen molar-refractivity contribution in [2.75, 3.05) is 0 Å². The Morgan fingerprint density at radius 2 is 2.10 bits per heavy atom. The van der Waals surface area contributed by atoms with Crippen LogP contribution in [0.3, 0.4) is 0 Å². The highest BCUT2D eigenvalue weighted by molar-refractivity contribution is 5.28.